The number of carbonyl (C=O) groups is 1. The van der Waals surface area contributed by atoms with Crippen molar-refractivity contribution in [3.63, 3.8) is 0 Å². The van der Waals surface area contributed by atoms with Crippen molar-refractivity contribution >= 4 is 11.6 Å². The Labute approximate surface area is 127 Å². The molecule has 0 saturated carbocycles. The number of carbonyl (C=O) groups excluding carboxylic acids is 1. The molecule has 22 heavy (non-hydrogen) atoms. The first-order valence-corrected chi connectivity index (χ1v) is 6.77. The monoisotopic (exact) mass is 306 g/mol. The van der Waals surface area contributed by atoms with Gasteiger partial charge in [-0.05, 0) is 26.8 Å². The highest BCUT2D eigenvalue weighted by Crippen LogP contribution is 2.18. The first-order chi connectivity index (χ1) is 10.3. The van der Waals surface area contributed by atoms with Crippen molar-refractivity contribution in [1.29, 1.82) is 0 Å². The number of rotatable bonds is 5. The minimum atomic E-state index is -0.637. The van der Waals surface area contributed by atoms with Gasteiger partial charge in [0.05, 0.1) is 22.9 Å². The zero-order valence-electron chi connectivity index (χ0n) is 12.9. The number of amides is 1. The van der Waals surface area contributed by atoms with E-state index in [0.717, 1.165) is 11.4 Å². The van der Waals surface area contributed by atoms with Crippen molar-refractivity contribution in [2.75, 3.05) is 0 Å². The van der Waals surface area contributed by atoms with Gasteiger partial charge in [0, 0.05) is 7.05 Å². The highest BCUT2D eigenvalue weighted by Gasteiger charge is 2.22. The second-order valence-electron chi connectivity index (χ2n) is 5.13. The van der Waals surface area contributed by atoms with Gasteiger partial charge >= 0.3 is 5.69 Å². The molecule has 2 heterocycles. The summed E-state index contributed by atoms with van der Waals surface area (Å²) in [6.07, 6.45) is 1.27. The molecule has 0 aliphatic rings. The maximum absolute atomic E-state index is 12.2. The van der Waals surface area contributed by atoms with E-state index in [1.54, 1.807) is 18.7 Å². The Morgan fingerprint density at radius 2 is 2.14 bits per heavy atom. The lowest BCUT2D eigenvalue weighted by Gasteiger charge is -2.12. The van der Waals surface area contributed by atoms with Crippen LogP contribution in [0.2, 0.25) is 0 Å². The molecular formula is C13H18N6O3. The van der Waals surface area contributed by atoms with E-state index < -0.39 is 11.0 Å². The molecule has 0 saturated heterocycles. The molecule has 0 aliphatic heterocycles. The zero-order chi connectivity index (χ0) is 16.4. The number of nitro groups is 1. The van der Waals surface area contributed by atoms with Crippen LogP contribution in [0, 0.1) is 24.0 Å². The average molecular weight is 306 g/mol. The first-order valence-electron chi connectivity index (χ1n) is 6.77. The highest BCUT2D eigenvalue weighted by molar-refractivity contribution is 5.79. The summed E-state index contributed by atoms with van der Waals surface area (Å²) >= 11 is 0. The zero-order valence-corrected chi connectivity index (χ0v) is 12.9. The Morgan fingerprint density at radius 3 is 2.64 bits per heavy atom. The topological polar surface area (TPSA) is 108 Å². The summed E-state index contributed by atoms with van der Waals surface area (Å²) in [6.45, 7) is 5.39. The summed E-state index contributed by atoms with van der Waals surface area (Å²) in [5.41, 5.74) is 1.94. The molecule has 1 N–H and O–H groups in total. The largest absolute Gasteiger partial charge is 0.349 e. The lowest BCUT2D eigenvalue weighted by molar-refractivity contribution is -0.385. The van der Waals surface area contributed by atoms with Gasteiger partial charge in [0.1, 0.15) is 17.9 Å². The van der Waals surface area contributed by atoms with Crippen LogP contribution in [0.5, 0.6) is 0 Å². The average Bonchev–Trinajstić information content (AvgIpc) is 2.98. The molecule has 1 atom stereocenters. The lowest BCUT2D eigenvalue weighted by atomic mass is 10.3. The van der Waals surface area contributed by atoms with Crippen LogP contribution in [0.25, 0.3) is 0 Å². The molecule has 0 spiro atoms. The summed E-state index contributed by atoms with van der Waals surface area (Å²) in [5.74, 6) is -0.267. The third-order valence-corrected chi connectivity index (χ3v) is 3.41. The van der Waals surface area contributed by atoms with Crippen molar-refractivity contribution in [3.8, 4) is 0 Å². The Morgan fingerprint density at radius 1 is 1.45 bits per heavy atom. The minimum absolute atomic E-state index is 0.0955. The van der Waals surface area contributed by atoms with Gasteiger partial charge in [-0.1, -0.05) is 0 Å². The Hall–Kier alpha value is -2.71. The van der Waals surface area contributed by atoms with Crippen LogP contribution in [0.3, 0.4) is 0 Å². The lowest BCUT2D eigenvalue weighted by Crippen LogP contribution is -2.31. The maximum Gasteiger partial charge on any atom is 0.309 e. The predicted octanol–water partition coefficient (Wildman–Crippen LogP) is 1.02. The van der Waals surface area contributed by atoms with Gasteiger partial charge in [0.2, 0.25) is 5.91 Å². The summed E-state index contributed by atoms with van der Waals surface area (Å²) in [7, 11) is 1.80. The molecule has 1 amide bonds. The van der Waals surface area contributed by atoms with Crippen molar-refractivity contribution in [2.45, 2.75) is 33.4 Å². The van der Waals surface area contributed by atoms with Crippen LogP contribution in [0.4, 0.5) is 5.69 Å². The Balaban J connectivity index is 2.04. The summed E-state index contributed by atoms with van der Waals surface area (Å²) in [6, 6.07) is 1.25. The van der Waals surface area contributed by atoms with Crippen molar-refractivity contribution in [3.05, 3.63) is 39.5 Å². The molecule has 2 rings (SSSR count). The van der Waals surface area contributed by atoms with E-state index in [1.165, 1.54) is 17.8 Å². The van der Waals surface area contributed by atoms with E-state index in [2.05, 4.69) is 15.5 Å². The van der Waals surface area contributed by atoms with E-state index in [1.807, 2.05) is 13.0 Å². The molecule has 0 aromatic carbocycles. The molecule has 1 unspecified atom stereocenters. The van der Waals surface area contributed by atoms with Gasteiger partial charge in [0.15, 0.2) is 0 Å². The first kappa shape index (κ1) is 15.7. The molecule has 9 heteroatoms. The fourth-order valence-electron chi connectivity index (χ4n) is 2.12. The molecule has 0 aliphatic carbocycles. The van der Waals surface area contributed by atoms with E-state index in [9.17, 15) is 14.9 Å². The van der Waals surface area contributed by atoms with Crippen molar-refractivity contribution < 1.29 is 9.72 Å². The Bertz CT molecular complexity index is 717. The predicted molar refractivity (Wildman–Crippen MR) is 78.1 cm³/mol. The molecule has 0 bridgehead atoms. The second kappa shape index (κ2) is 5.96. The molecule has 2 aromatic heterocycles. The number of hydrogen-bond donors (Lipinski definition) is 1. The molecule has 9 nitrogen and oxygen atoms in total. The van der Waals surface area contributed by atoms with Crippen molar-refractivity contribution in [2.24, 2.45) is 7.05 Å². The standard InChI is InChI=1S/C13H18N6O3/c1-8-5-11(17(4)15-8)6-14-13(20)10(3)18-7-12(19(21)22)9(2)16-18/h5,7,10H,6H2,1-4H3,(H,14,20). The third-order valence-electron chi connectivity index (χ3n) is 3.41. The van der Waals surface area contributed by atoms with Gasteiger partial charge in [-0.15, -0.1) is 0 Å². The van der Waals surface area contributed by atoms with Gasteiger partial charge in [0.25, 0.3) is 0 Å². The maximum atomic E-state index is 12.2. The number of aryl methyl sites for hydroxylation is 3. The van der Waals surface area contributed by atoms with E-state index >= 15 is 0 Å². The van der Waals surface area contributed by atoms with E-state index in [4.69, 9.17) is 0 Å². The second-order valence-corrected chi connectivity index (χ2v) is 5.13. The summed E-state index contributed by atoms with van der Waals surface area (Å²) in [5, 5.41) is 21.8. The summed E-state index contributed by atoms with van der Waals surface area (Å²) in [4.78, 5) is 22.5. The van der Waals surface area contributed by atoms with Gasteiger partial charge in [-0.3, -0.25) is 24.3 Å². The van der Waals surface area contributed by atoms with Crippen LogP contribution >= 0.6 is 0 Å². The van der Waals surface area contributed by atoms with Crippen LogP contribution in [-0.4, -0.2) is 30.4 Å². The van der Waals surface area contributed by atoms with Crippen LogP contribution in [0.1, 0.15) is 30.0 Å². The van der Waals surface area contributed by atoms with E-state index in [0.29, 0.717) is 6.54 Å². The molecule has 118 valence electrons. The van der Waals surface area contributed by atoms with Gasteiger partial charge < -0.3 is 5.32 Å². The summed E-state index contributed by atoms with van der Waals surface area (Å²) < 4.78 is 3.00. The fourth-order valence-corrected chi connectivity index (χ4v) is 2.12. The van der Waals surface area contributed by atoms with Gasteiger partial charge in [-0.2, -0.15) is 10.2 Å². The van der Waals surface area contributed by atoms with Crippen LogP contribution < -0.4 is 5.32 Å². The van der Waals surface area contributed by atoms with E-state index in [-0.39, 0.29) is 17.3 Å². The molecular weight excluding hydrogens is 288 g/mol. The highest BCUT2D eigenvalue weighted by atomic mass is 16.6. The van der Waals surface area contributed by atoms with Crippen LogP contribution in [-0.2, 0) is 18.4 Å². The number of hydrogen-bond acceptors (Lipinski definition) is 5. The minimum Gasteiger partial charge on any atom is -0.349 e. The molecule has 0 radical (unpaired) electrons. The third kappa shape index (κ3) is 3.13. The SMILES string of the molecule is Cc1cc(CNC(=O)C(C)n2cc([N+](=O)[O-])c(C)n2)n(C)n1. The van der Waals surface area contributed by atoms with Crippen molar-refractivity contribution in [1.82, 2.24) is 24.9 Å². The quantitative estimate of drug-likeness (QED) is 0.655. The normalized spacial score (nSPS) is 12.2. The number of nitrogens with zero attached hydrogens (tertiary/aromatic N) is 5. The number of aromatic nitrogens is 4. The number of nitrogens with one attached hydrogen (secondary N) is 1. The van der Waals surface area contributed by atoms with Gasteiger partial charge in [-0.25, -0.2) is 0 Å². The van der Waals surface area contributed by atoms with Crippen LogP contribution in [0.15, 0.2) is 12.3 Å². The molecule has 0 fully saturated rings. The fraction of sp³-hybridized carbons (Fsp3) is 0.462. The Kier molecular flexibility index (Phi) is 4.25. The smallest absolute Gasteiger partial charge is 0.309 e. The molecule has 2 aromatic rings.